The second-order valence-corrected chi connectivity index (χ2v) is 8.43. The van der Waals surface area contributed by atoms with Crippen molar-refractivity contribution < 1.29 is 4.79 Å². The number of halogens is 4. The van der Waals surface area contributed by atoms with E-state index in [2.05, 4.69) is 21.2 Å². The molecule has 0 spiro atoms. The van der Waals surface area contributed by atoms with E-state index in [1.807, 2.05) is 18.2 Å². The Kier molecular flexibility index (Phi) is 7.86. The van der Waals surface area contributed by atoms with Gasteiger partial charge in [0.15, 0.2) is 0 Å². The number of anilines is 1. The molecule has 1 saturated heterocycles. The van der Waals surface area contributed by atoms with Gasteiger partial charge in [-0.25, -0.2) is 0 Å². The van der Waals surface area contributed by atoms with Crippen molar-refractivity contribution in [2.45, 2.75) is 13.0 Å². The number of nitrogens with one attached hydrogen (secondary N) is 1. The highest BCUT2D eigenvalue weighted by Gasteiger charge is 2.18. The minimum Gasteiger partial charge on any atom is -0.326 e. The number of amides is 1. The zero-order chi connectivity index (χ0) is 20.1. The smallest absolute Gasteiger partial charge is 0.225 e. The monoisotopic (exact) mass is 459 g/mol. The molecule has 1 N–H and O–H groups in total. The number of carbonyl (C=O) groups is 1. The normalized spacial score (nSPS) is 15.6. The van der Waals surface area contributed by atoms with Crippen LogP contribution in [0, 0.1) is 0 Å². The van der Waals surface area contributed by atoms with Gasteiger partial charge in [0, 0.05) is 56.4 Å². The average Bonchev–Trinajstić information content (AvgIpc) is 2.65. The van der Waals surface area contributed by atoms with Crippen LogP contribution in [0.4, 0.5) is 5.69 Å². The molecular weight excluding hydrogens is 440 g/mol. The number of hydrogen-bond acceptors (Lipinski definition) is 3. The van der Waals surface area contributed by atoms with Gasteiger partial charge >= 0.3 is 0 Å². The Balaban J connectivity index is 1.41. The number of hydrogen-bond donors (Lipinski definition) is 1. The number of rotatable bonds is 6. The molecule has 28 heavy (non-hydrogen) atoms. The Bertz CT molecular complexity index is 815. The van der Waals surface area contributed by atoms with Gasteiger partial charge in [0.2, 0.25) is 5.91 Å². The highest BCUT2D eigenvalue weighted by molar-refractivity contribution is 6.48. The summed E-state index contributed by atoms with van der Waals surface area (Å²) in [6.45, 7) is 5.42. The Hall–Kier alpha value is -1.01. The Labute approximate surface area is 185 Å². The van der Waals surface area contributed by atoms with E-state index in [4.69, 9.17) is 46.4 Å². The van der Waals surface area contributed by atoms with Gasteiger partial charge < -0.3 is 10.2 Å². The van der Waals surface area contributed by atoms with E-state index in [1.165, 1.54) is 5.56 Å². The maximum atomic E-state index is 12.2. The third-order valence-corrected chi connectivity index (χ3v) is 6.11. The summed E-state index contributed by atoms with van der Waals surface area (Å²) in [7, 11) is 0. The fourth-order valence-corrected chi connectivity index (χ4v) is 3.98. The predicted molar refractivity (Wildman–Crippen MR) is 118 cm³/mol. The van der Waals surface area contributed by atoms with Crippen LogP contribution in [0.1, 0.15) is 12.0 Å². The number of piperazine rings is 1. The van der Waals surface area contributed by atoms with E-state index in [0.717, 1.165) is 37.7 Å². The highest BCUT2D eigenvalue weighted by Crippen LogP contribution is 2.33. The van der Waals surface area contributed by atoms with Gasteiger partial charge in [-0.2, -0.15) is 0 Å². The van der Waals surface area contributed by atoms with Crippen LogP contribution in [0.5, 0.6) is 0 Å². The molecule has 0 aromatic heterocycles. The van der Waals surface area contributed by atoms with Crippen LogP contribution >= 0.6 is 46.4 Å². The maximum Gasteiger partial charge on any atom is 0.225 e. The summed E-state index contributed by atoms with van der Waals surface area (Å²) in [5, 5.41) is 4.52. The van der Waals surface area contributed by atoms with Crippen LogP contribution < -0.4 is 5.32 Å². The average molecular weight is 461 g/mol. The zero-order valence-electron chi connectivity index (χ0n) is 15.2. The fourth-order valence-electron chi connectivity index (χ4n) is 3.18. The quantitative estimate of drug-likeness (QED) is 0.582. The lowest BCUT2D eigenvalue weighted by Crippen LogP contribution is -2.46. The Morgan fingerprint density at radius 3 is 2.21 bits per heavy atom. The van der Waals surface area contributed by atoms with Crippen LogP contribution in [0.25, 0.3) is 0 Å². The van der Waals surface area contributed by atoms with Gasteiger partial charge in [-0.1, -0.05) is 58.5 Å². The summed E-state index contributed by atoms with van der Waals surface area (Å²) in [5.41, 5.74) is 1.77. The minimum absolute atomic E-state index is 0.0733. The SMILES string of the molecule is O=C(CCN1CCN(Cc2cccc(Cl)c2)CC1)Nc1cc(Cl)c(Cl)c(Cl)c1. The van der Waals surface area contributed by atoms with Crippen molar-refractivity contribution >= 4 is 58.0 Å². The van der Waals surface area contributed by atoms with Crippen LogP contribution in [-0.4, -0.2) is 48.4 Å². The summed E-state index contributed by atoms with van der Waals surface area (Å²) in [6, 6.07) is 11.2. The van der Waals surface area contributed by atoms with E-state index < -0.39 is 0 Å². The molecule has 1 aliphatic rings. The molecular formula is C20H21Cl4N3O. The third kappa shape index (κ3) is 6.24. The van der Waals surface area contributed by atoms with Crippen molar-refractivity contribution in [3.05, 3.63) is 62.1 Å². The highest BCUT2D eigenvalue weighted by atomic mass is 35.5. The summed E-state index contributed by atoms with van der Waals surface area (Å²) in [6.07, 6.45) is 0.409. The third-order valence-electron chi connectivity index (χ3n) is 4.68. The van der Waals surface area contributed by atoms with Crippen LogP contribution in [0.3, 0.4) is 0 Å². The summed E-state index contributed by atoms with van der Waals surface area (Å²) < 4.78 is 0. The first-order chi connectivity index (χ1) is 13.4. The summed E-state index contributed by atoms with van der Waals surface area (Å²) in [5.74, 6) is -0.0733. The van der Waals surface area contributed by atoms with Crippen molar-refractivity contribution in [1.29, 1.82) is 0 Å². The predicted octanol–water partition coefficient (Wildman–Crippen LogP) is 5.45. The van der Waals surface area contributed by atoms with Crippen molar-refractivity contribution in [3.8, 4) is 0 Å². The molecule has 0 aliphatic carbocycles. The van der Waals surface area contributed by atoms with Crippen molar-refractivity contribution in [2.75, 3.05) is 38.0 Å². The van der Waals surface area contributed by atoms with Crippen molar-refractivity contribution in [3.63, 3.8) is 0 Å². The molecule has 1 aliphatic heterocycles. The molecule has 1 fully saturated rings. The van der Waals surface area contributed by atoms with Crippen LogP contribution in [0.15, 0.2) is 36.4 Å². The molecule has 1 heterocycles. The van der Waals surface area contributed by atoms with Crippen LogP contribution in [-0.2, 0) is 11.3 Å². The fraction of sp³-hybridized carbons (Fsp3) is 0.350. The molecule has 4 nitrogen and oxygen atoms in total. The number of carbonyl (C=O) groups excluding carboxylic acids is 1. The van der Waals surface area contributed by atoms with E-state index in [9.17, 15) is 4.79 Å². The molecule has 0 atom stereocenters. The van der Waals surface area contributed by atoms with E-state index in [1.54, 1.807) is 12.1 Å². The number of benzene rings is 2. The van der Waals surface area contributed by atoms with Gasteiger partial charge in [0.25, 0.3) is 0 Å². The molecule has 8 heteroatoms. The molecule has 0 saturated carbocycles. The Morgan fingerprint density at radius 1 is 0.929 bits per heavy atom. The first kappa shape index (κ1) is 21.7. The molecule has 150 valence electrons. The molecule has 2 aromatic rings. The second-order valence-electron chi connectivity index (χ2n) is 6.80. The van der Waals surface area contributed by atoms with Gasteiger partial charge in [0.05, 0.1) is 15.1 Å². The summed E-state index contributed by atoms with van der Waals surface area (Å²) in [4.78, 5) is 16.9. The molecule has 1 amide bonds. The largest absolute Gasteiger partial charge is 0.326 e. The van der Waals surface area contributed by atoms with E-state index in [0.29, 0.717) is 28.7 Å². The minimum atomic E-state index is -0.0733. The van der Waals surface area contributed by atoms with Crippen molar-refractivity contribution in [2.24, 2.45) is 0 Å². The lowest BCUT2D eigenvalue weighted by Gasteiger charge is -2.34. The molecule has 0 bridgehead atoms. The first-order valence-electron chi connectivity index (χ1n) is 9.04. The topological polar surface area (TPSA) is 35.6 Å². The molecule has 3 rings (SSSR count). The first-order valence-corrected chi connectivity index (χ1v) is 10.6. The van der Waals surface area contributed by atoms with E-state index >= 15 is 0 Å². The lowest BCUT2D eigenvalue weighted by molar-refractivity contribution is -0.116. The number of nitrogens with zero attached hydrogens (tertiary/aromatic N) is 2. The zero-order valence-corrected chi connectivity index (χ0v) is 18.3. The van der Waals surface area contributed by atoms with Gasteiger partial charge in [-0.15, -0.1) is 0 Å². The summed E-state index contributed by atoms with van der Waals surface area (Å²) >= 11 is 24.0. The molecule has 0 radical (unpaired) electrons. The standard InChI is InChI=1S/C20H21Cl4N3O/c21-15-3-1-2-14(10-15)13-27-8-6-26(7-9-27)5-4-19(28)25-16-11-17(22)20(24)18(23)12-16/h1-3,10-12H,4-9,13H2,(H,25,28). The van der Waals surface area contributed by atoms with Gasteiger partial charge in [-0.3, -0.25) is 9.69 Å². The van der Waals surface area contributed by atoms with Gasteiger partial charge in [0.1, 0.15) is 0 Å². The molecule has 0 unspecified atom stereocenters. The molecule has 2 aromatic carbocycles. The van der Waals surface area contributed by atoms with Gasteiger partial charge in [-0.05, 0) is 29.8 Å². The second kappa shape index (κ2) is 10.1. The Morgan fingerprint density at radius 2 is 1.57 bits per heavy atom. The van der Waals surface area contributed by atoms with Crippen LogP contribution in [0.2, 0.25) is 20.1 Å². The maximum absolute atomic E-state index is 12.2. The van der Waals surface area contributed by atoms with E-state index in [-0.39, 0.29) is 10.9 Å². The van der Waals surface area contributed by atoms with Crippen molar-refractivity contribution in [1.82, 2.24) is 9.80 Å². The lowest BCUT2D eigenvalue weighted by atomic mass is 10.2.